The molecule has 0 aliphatic carbocycles. The molecule has 170 valence electrons. The zero-order valence-corrected chi connectivity index (χ0v) is 18.6. The fraction of sp³-hybridized carbons (Fsp3) is 0.316. The third kappa shape index (κ3) is 7.27. The maximum absolute atomic E-state index is 12.8. The molecule has 31 heavy (non-hydrogen) atoms. The molecule has 2 aromatic carbocycles. The fourth-order valence-corrected chi connectivity index (χ4v) is 3.92. The summed E-state index contributed by atoms with van der Waals surface area (Å²) in [7, 11) is -3.74. The Morgan fingerprint density at radius 3 is 2.42 bits per heavy atom. The van der Waals surface area contributed by atoms with Crippen LogP contribution >= 0.6 is 23.2 Å². The molecule has 0 saturated carbocycles. The zero-order chi connectivity index (χ0) is 23.2. The standard InChI is InChI=1S/C19H19Cl2F3N2O4S/c1-2-3-8-25-31(28,29)13-5-7-17(15(21)10-13)30-11-18(27)26-16-9-12(19(22,23)24)4-6-14(16)20/h4-7,9-10,25H,2-3,8,11H2,1H3,(H,26,27). The molecule has 0 saturated heterocycles. The molecule has 0 aliphatic heterocycles. The van der Waals surface area contributed by atoms with E-state index in [2.05, 4.69) is 10.0 Å². The molecule has 0 aliphatic rings. The molecule has 0 aromatic heterocycles. The van der Waals surface area contributed by atoms with Crippen LogP contribution in [0.15, 0.2) is 41.3 Å². The van der Waals surface area contributed by atoms with Gasteiger partial charge in [0.15, 0.2) is 6.61 Å². The molecule has 2 rings (SSSR count). The summed E-state index contributed by atoms with van der Waals surface area (Å²) in [4.78, 5) is 12.0. The lowest BCUT2D eigenvalue weighted by Gasteiger charge is -2.13. The number of anilines is 1. The van der Waals surface area contributed by atoms with Gasteiger partial charge in [-0.2, -0.15) is 13.2 Å². The lowest BCUT2D eigenvalue weighted by molar-refractivity contribution is -0.137. The van der Waals surface area contributed by atoms with Crippen LogP contribution in [0.2, 0.25) is 10.0 Å². The largest absolute Gasteiger partial charge is 0.482 e. The second kappa shape index (κ2) is 10.5. The second-order valence-corrected chi connectivity index (χ2v) is 8.95. The van der Waals surface area contributed by atoms with Crippen molar-refractivity contribution in [1.29, 1.82) is 0 Å². The van der Waals surface area contributed by atoms with E-state index in [1.165, 1.54) is 18.2 Å². The minimum absolute atomic E-state index is 0.0273. The number of rotatable bonds is 9. The monoisotopic (exact) mass is 498 g/mol. The van der Waals surface area contributed by atoms with Crippen LogP contribution in [0.1, 0.15) is 25.3 Å². The Morgan fingerprint density at radius 1 is 1.10 bits per heavy atom. The van der Waals surface area contributed by atoms with E-state index >= 15 is 0 Å². The van der Waals surface area contributed by atoms with E-state index in [-0.39, 0.29) is 32.9 Å². The normalized spacial score (nSPS) is 11.9. The van der Waals surface area contributed by atoms with E-state index in [1.807, 2.05) is 6.92 Å². The number of unbranched alkanes of at least 4 members (excludes halogenated alkanes) is 1. The van der Waals surface area contributed by atoms with Gasteiger partial charge in [0.05, 0.1) is 26.2 Å². The summed E-state index contributed by atoms with van der Waals surface area (Å²) < 4.78 is 70.5. The van der Waals surface area contributed by atoms with Crippen LogP contribution in [-0.4, -0.2) is 27.5 Å². The van der Waals surface area contributed by atoms with Crippen LogP contribution in [0.5, 0.6) is 5.75 Å². The first-order chi connectivity index (χ1) is 14.4. The van der Waals surface area contributed by atoms with Crippen molar-refractivity contribution in [3.63, 3.8) is 0 Å². The van der Waals surface area contributed by atoms with Gasteiger partial charge in [0.25, 0.3) is 5.91 Å². The maximum Gasteiger partial charge on any atom is 0.416 e. The van der Waals surface area contributed by atoms with Gasteiger partial charge < -0.3 is 10.1 Å². The van der Waals surface area contributed by atoms with Crippen molar-refractivity contribution in [2.24, 2.45) is 0 Å². The number of alkyl halides is 3. The molecule has 2 N–H and O–H groups in total. The quantitative estimate of drug-likeness (QED) is 0.470. The van der Waals surface area contributed by atoms with Crippen LogP contribution in [0.3, 0.4) is 0 Å². The zero-order valence-electron chi connectivity index (χ0n) is 16.2. The molecule has 2 aromatic rings. The van der Waals surface area contributed by atoms with Gasteiger partial charge in [-0.3, -0.25) is 4.79 Å². The Morgan fingerprint density at radius 2 is 1.81 bits per heavy atom. The number of nitrogens with one attached hydrogen (secondary N) is 2. The molecule has 0 unspecified atom stereocenters. The SMILES string of the molecule is CCCCNS(=O)(=O)c1ccc(OCC(=O)Nc2cc(C(F)(F)F)ccc2Cl)c(Cl)c1. The number of carbonyl (C=O) groups is 1. The number of amides is 1. The average molecular weight is 499 g/mol. The number of halogens is 5. The fourth-order valence-electron chi connectivity index (χ4n) is 2.36. The number of hydrogen-bond donors (Lipinski definition) is 2. The number of benzene rings is 2. The highest BCUT2D eigenvalue weighted by Gasteiger charge is 2.31. The van der Waals surface area contributed by atoms with Crippen molar-refractivity contribution >= 4 is 44.8 Å². The minimum Gasteiger partial charge on any atom is -0.482 e. The second-order valence-electron chi connectivity index (χ2n) is 6.37. The van der Waals surface area contributed by atoms with E-state index in [9.17, 15) is 26.4 Å². The van der Waals surface area contributed by atoms with E-state index < -0.39 is 34.3 Å². The van der Waals surface area contributed by atoms with Gasteiger partial charge in [0.1, 0.15) is 5.75 Å². The van der Waals surface area contributed by atoms with Crippen molar-refractivity contribution in [2.45, 2.75) is 30.8 Å². The summed E-state index contributed by atoms with van der Waals surface area (Å²) in [5.74, 6) is -0.755. The summed E-state index contributed by atoms with van der Waals surface area (Å²) >= 11 is 11.9. The first-order valence-corrected chi connectivity index (χ1v) is 11.3. The van der Waals surface area contributed by atoms with Crippen LogP contribution < -0.4 is 14.8 Å². The molecular weight excluding hydrogens is 480 g/mol. The van der Waals surface area contributed by atoms with Crippen molar-refractivity contribution in [1.82, 2.24) is 4.72 Å². The van der Waals surface area contributed by atoms with Crippen molar-refractivity contribution in [3.8, 4) is 5.75 Å². The van der Waals surface area contributed by atoms with Gasteiger partial charge in [-0.05, 0) is 42.8 Å². The summed E-state index contributed by atoms with van der Waals surface area (Å²) in [6.07, 6.45) is -3.09. The lowest BCUT2D eigenvalue weighted by Crippen LogP contribution is -2.24. The summed E-state index contributed by atoms with van der Waals surface area (Å²) in [5.41, 5.74) is -1.20. The van der Waals surface area contributed by atoms with Gasteiger partial charge in [0.2, 0.25) is 10.0 Å². The molecule has 0 radical (unpaired) electrons. The third-order valence-corrected chi connectivity index (χ3v) is 6.05. The summed E-state index contributed by atoms with van der Waals surface area (Å²) in [5, 5.41) is 2.10. The number of carbonyl (C=O) groups excluding carboxylic acids is 1. The van der Waals surface area contributed by atoms with Crippen LogP contribution in [0, 0.1) is 0 Å². The summed E-state index contributed by atoms with van der Waals surface area (Å²) in [6.45, 7) is 1.62. The first-order valence-electron chi connectivity index (χ1n) is 9.02. The van der Waals surface area contributed by atoms with Crippen LogP contribution in [0.4, 0.5) is 18.9 Å². The molecule has 12 heteroatoms. The van der Waals surface area contributed by atoms with Crippen molar-refractivity contribution < 1.29 is 31.1 Å². The van der Waals surface area contributed by atoms with Gasteiger partial charge in [0, 0.05) is 6.54 Å². The van der Waals surface area contributed by atoms with Crippen molar-refractivity contribution in [3.05, 3.63) is 52.0 Å². The Balaban J connectivity index is 2.03. The Hall–Kier alpha value is -2.01. The Labute approximate surface area is 187 Å². The topological polar surface area (TPSA) is 84.5 Å². The molecule has 0 spiro atoms. The summed E-state index contributed by atoms with van der Waals surface area (Å²) in [6, 6.07) is 6.23. The highest BCUT2D eigenvalue weighted by Crippen LogP contribution is 2.34. The molecule has 0 atom stereocenters. The van der Waals surface area contributed by atoms with Crippen molar-refractivity contribution in [2.75, 3.05) is 18.5 Å². The van der Waals surface area contributed by atoms with E-state index in [4.69, 9.17) is 27.9 Å². The first kappa shape index (κ1) is 25.3. The molecular formula is C19H19Cl2F3N2O4S. The molecule has 0 heterocycles. The highest BCUT2D eigenvalue weighted by molar-refractivity contribution is 7.89. The molecule has 6 nitrogen and oxygen atoms in total. The average Bonchev–Trinajstić information content (AvgIpc) is 2.68. The van der Waals surface area contributed by atoms with Gasteiger partial charge in [-0.25, -0.2) is 13.1 Å². The third-order valence-electron chi connectivity index (χ3n) is 3.96. The van der Waals surface area contributed by atoms with Crippen LogP contribution in [-0.2, 0) is 21.0 Å². The van der Waals surface area contributed by atoms with E-state index in [0.717, 1.165) is 18.6 Å². The maximum atomic E-state index is 12.8. The molecule has 0 fully saturated rings. The van der Waals surface area contributed by atoms with Gasteiger partial charge >= 0.3 is 6.18 Å². The predicted molar refractivity (Wildman–Crippen MR) is 112 cm³/mol. The molecule has 0 bridgehead atoms. The molecule has 1 amide bonds. The van der Waals surface area contributed by atoms with Crippen LogP contribution in [0.25, 0.3) is 0 Å². The highest BCUT2D eigenvalue weighted by atomic mass is 35.5. The van der Waals surface area contributed by atoms with E-state index in [0.29, 0.717) is 12.5 Å². The van der Waals surface area contributed by atoms with Gasteiger partial charge in [-0.1, -0.05) is 36.5 Å². The van der Waals surface area contributed by atoms with Gasteiger partial charge in [-0.15, -0.1) is 0 Å². The smallest absolute Gasteiger partial charge is 0.416 e. The Bertz CT molecular complexity index is 1050. The Kier molecular flexibility index (Phi) is 8.58. The minimum atomic E-state index is -4.60. The number of sulfonamides is 1. The lowest BCUT2D eigenvalue weighted by atomic mass is 10.2. The number of hydrogen-bond acceptors (Lipinski definition) is 4. The number of ether oxygens (including phenoxy) is 1. The van der Waals surface area contributed by atoms with E-state index in [1.54, 1.807) is 0 Å². The predicted octanol–water partition coefficient (Wildman–Crippen LogP) is 5.11.